The number of nitrogens with two attached hydrogens (primary N) is 1. The third-order valence-corrected chi connectivity index (χ3v) is 4.71. The van der Waals surface area contributed by atoms with Gasteiger partial charge in [0.2, 0.25) is 5.91 Å². The van der Waals surface area contributed by atoms with Gasteiger partial charge in [-0.25, -0.2) is 4.79 Å². The minimum atomic E-state index is -0.483. The fourth-order valence-corrected chi connectivity index (χ4v) is 3.44. The van der Waals surface area contributed by atoms with Crippen molar-refractivity contribution in [2.45, 2.75) is 31.4 Å². The third kappa shape index (κ3) is 3.31. The number of nitrogens with one attached hydrogen (secondary N) is 1. The molecule has 3 N–H and O–H groups in total. The number of alkyl carbamates (subject to hydrolysis) is 1. The summed E-state index contributed by atoms with van der Waals surface area (Å²) < 4.78 is 10.9. The summed E-state index contributed by atoms with van der Waals surface area (Å²) in [7, 11) is 0. The molecule has 3 rings (SSSR count). The Balaban J connectivity index is 1.70. The predicted octanol–water partition coefficient (Wildman–Crippen LogP) is 1.19. The molecular formula is C17H23N3O4. The Morgan fingerprint density at radius 1 is 1.38 bits per heavy atom. The lowest BCUT2D eigenvalue weighted by Crippen LogP contribution is -2.49. The van der Waals surface area contributed by atoms with Crippen LogP contribution in [0, 0.1) is 0 Å². The number of primary amides is 1. The van der Waals surface area contributed by atoms with Crippen LogP contribution in [0.3, 0.4) is 0 Å². The molecule has 2 fully saturated rings. The number of nitrogens with zero attached hydrogens (tertiary/aromatic N) is 1. The van der Waals surface area contributed by atoms with Crippen LogP contribution < -0.4 is 15.8 Å². The molecule has 7 heteroatoms. The van der Waals surface area contributed by atoms with E-state index in [1.165, 1.54) is 0 Å². The van der Waals surface area contributed by atoms with Crippen LogP contribution in [-0.2, 0) is 9.53 Å². The Bertz CT molecular complexity index is 609. The van der Waals surface area contributed by atoms with E-state index < -0.39 is 11.6 Å². The van der Waals surface area contributed by atoms with Gasteiger partial charge in [-0.2, -0.15) is 0 Å². The molecule has 1 aromatic rings. The molecule has 2 saturated heterocycles. The second-order valence-electron chi connectivity index (χ2n) is 6.27. The third-order valence-electron chi connectivity index (χ3n) is 4.71. The highest BCUT2D eigenvalue weighted by molar-refractivity contribution is 5.81. The molecule has 0 radical (unpaired) electrons. The Morgan fingerprint density at radius 3 is 2.54 bits per heavy atom. The number of carbonyl (C=O) groups excluding carboxylic acids is 2. The van der Waals surface area contributed by atoms with Crippen LogP contribution in [0.25, 0.3) is 0 Å². The molecule has 1 unspecified atom stereocenters. The molecule has 1 spiro atoms. The lowest BCUT2D eigenvalue weighted by molar-refractivity contribution is -0.125. The molecule has 1 atom stereocenters. The molecule has 0 aliphatic carbocycles. The largest absolute Gasteiger partial charge is 0.494 e. The lowest BCUT2D eigenvalue weighted by Gasteiger charge is -2.40. The molecule has 0 aromatic heterocycles. The Kier molecular flexibility index (Phi) is 4.62. The maximum absolute atomic E-state index is 12.0. The van der Waals surface area contributed by atoms with Gasteiger partial charge in [0.1, 0.15) is 17.4 Å². The zero-order valence-corrected chi connectivity index (χ0v) is 13.8. The normalized spacial score (nSPS) is 21.1. The standard InChI is InChI=1S/C17H23N3O4/c1-2-23-13-5-3-12(4-6-13)14(15(18)21)20-9-7-17(8-10-20)11-19-16(22)24-17/h3-6,14H,2,7-11H2,1H3,(H2,18,21)(H,19,22). The summed E-state index contributed by atoms with van der Waals surface area (Å²) in [5.74, 6) is 0.391. The zero-order valence-electron chi connectivity index (χ0n) is 13.8. The first-order valence-corrected chi connectivity index (χ1v) is 8.26. The molecule has 1 aromatic carbocycles. The summed E-state index contributed by atoms with van der Waals surface area (Å²) in [6.45, 7) is 4.35. The smallest absolute Gasteiger partial charge is 0.407 e. The van der Waals surface area contributed by atoms with E-state index in [1.54, 1.807) is 0 Å². The van der Waals surface area contributed by atoms with E-state index in [2.05, 4.69) is 10.2 Å². The van der Waals surface area contributed by atoms with E-state index >= 15 is 0 Å². The fraction of sp³-hybridized carbons (Fsp3) is 0.529. The summed E-state index contributed by atoms with van der Waals surface area (Å²) in [5, 5.41) is 2.71. The number of carbonyl (C=O) groups is 2. The minimum Gasteiger partial charge on any atom is -0.494 e. The predicted molar refractivity (Wildman–Crippen MR) is 87.6 cm³/mol. The number of amides is 2. The topological polar surface area (TPSA) is 93.9 Å². The van der Waals surface area contributed by atoms with Crippen molar-refractivity contribution in [3.63, 3.8) is 0 Å². The van der Waals surface area contributed by atoms with E-state index in [4.69, 9.17) is 15.2 Å². The first kappa shape index (κ1) is 16.6. The van der Waals surface area contributed by atoms with Gasteiger partial charge in [-0.1, -0.05) is 12.1 Å². The van der Waals surface area contributed by atoms with Crippen LogP contribution in [0.5, 0.6) is 5.75 Å². The first-order chi connectivity index (χ1) is 11.5. The molecule has 24 heavy (non-hydrogen) atoms. The summed E-state index contributed by atoms with van der Waals surface area (Å²) in [6, 6.07) is 6.97. The van der Waals surface area contributed by atoms with Gasteiger partial charge in [-0.3, -0.25) is 9.69 Å². The van der Waals surface area contributed by atoms with Crippen molar-refractivity contribution >= 4 is 12.0 Å². The second kappa shape index (κ2) is 6.68. The van der Waals surface area contributed by atoms with Crippen molar-refractivity contribution in [2.24, 2.45) is 5.73 Å². The van der Waals surface area contributed by atoms with Crippen LogP contribution in [0.15, 0.2) is 24.3 Å². The van der Waals surface area contributed by atoms with Crippen LogP contribution in [0.4, 0.5) is 4.79 Å². The van der Waals surface area contributed by atoms with Gasteiger partial charge in [0.25, 0.3) is 0 Å². The SMILES string of the molecule is CCOc1ccc(C(C(N)=O)N2CCC3(CC2)CNC(=O)O3)cc1. The number of benzene rings is 1. The molecule has 7 nitrogen and oxygen atoms in total. The summed E-state index contributed by atoms with van der Waals surface area (Å²) >= 11 is 0. The van der Waals surface area contributed by atoms with Gasteiger partial charge >= 0.3 is 6.09 Å². The number of likely N-dealkylation sites (tertiary alicyclic amines) is 1. The Labute approximate surface area is 141 Å². The van der Waals surface area contributed by atoms with E-state index in [1.807, 2.05) is 31.2 Å². The highest BCUT2D eigenvalue weighted by Gasteiger charge is 2.44. The number of piperidine rings is 1. The average molecular weight is 333 g/mol. The quantitative estimate of drug-likeness (QED) is 0.844. The highest BCUT2D eigenvalue weighted by atomic mass is 16.6. The number of ether oxygens (including phenoxy) is 2. The van der Waals surface area contributed by atoms with Crippen molar-refractivity contribution in [3.8, 4) is 5.75 Å². The summed E-state index contributed by atoms with van der Waals surface area (Å²) in [4.78, 5) is 25.4. The van der Waals surface area contributed by atoms with Gasteiger partial charge in [-0.05, 0) is 24.6 Å². The minimum absolute atomic E-state index is 0.360. The number of rotatable bonds is 5. The van der Waals surface area contributed by atoms with Crippen molar-refractivity contribution in [1.82, 2.24) is 10.2 Å². The molecule has 2 heterocycles. The van der Waals surface area contributed by atoms with Crippen LogP contribution in [0.2, 0.25) is 0 Å². The van der Waals surface area contributed by atoms with E-state index in [9.17, 15) is 9.59 Å². The van der Waals surface area contributed by atoms with Gasteiger partial charge in [0.05, 0.1) is 13.2 Å². The summed E-state index contributed by atoms with van der Waals surface area (Å²) in [6.07, 6.45) is 1.01. The van der Waals surface area contributed by atoms with Gasteiger partial charge in [0, 0.05) is 25.9 Å². The molecule has 0 bridgehead atoms. The Hall–Kier alpha value is -2.28. The van der Waals surface area contributed by atoms with Gasteiger partial charge < -0.3 is 20.5 Å². The van der Waals surface area contributed by atoms with Crippen molar-refractivity contribution < 1.29 is 19.1 Å². The second-order valence-corrected chi connectivity index (χ2v) is 6.27. The van der Waals surface area contributed by atoms with E-state index in [0.717, 1.165) is 11.3 Å². The first-order valence-electron chi connectivity index (χ1n) is 8.26. The highest BCUT2D eigenvalue weighted by Crippen LogP contribution is 2.33. The monoisotopic (exact) mass is 333 g/mol. The summed E-state index contributed by atoms with van der Waals surface area (Å²) in [5.41, 5.74) is 6.07. The van der Waals surface area contributed by atoms with Gasteiger partial charge in [0.15, 0.2) is 0 Å². The zero-order chi connectivity index (χ0) is 17.2. The van der Waals surface area contributed by atoms with E-state index in [0.29, 0.717) is 39.1 Å². The maximum atomic E-state index is 12.0. The fourth-order valence-electron chi connectivity index (χ4n) is 3.44. The van der Waals surface area contributed by atoms with E-state index in [-0.39, 0.29) is 12.0 Å². The van der Waals surface area contributed by atoms with Crippen molar-refractivity contribution in [1.29, 1.82) is 0 Å². The van der Waals surface area contributed by atoms with Crippen LogP contribution in [0.1, 0.15) is 31.4 Å². The molecule has 130 valence electrons. The van der Waals surface area contributed by atoms with Crippen LogP contribution >= 0.6 is 0 Å². The lowest BCUT2D eigenvalue weighted by atomic mass is 9.90. The van der Waals surface area contributed by atoms with Crippen molar-refractivity contribution in [3.05, 3.63) is 29.8 Å². The Morgan fingerprint density at radius 2 is 2.04 bits per heavy atom. The van der Waals surface area contributed by atoms with Gasteiger partial charge in [-0.15, -0.1) is 0 Å². The number of hydrogen-bond donors (Lipinski definition) is 2. The number of hydrogen-bond acceptors (Lipinski definition) is 5. The molecule has 2 amide bonds. The molecule has 2 aliphatic heterocycles. The van der Waals surface area contributed by atoms with Crippen LogP contribution in [-0.4, -0.2) is 48.7 Å². The molecule has 2 aliphatic rings. The molecule has 0 saturated carbocycles. The maximum Gasteiger partial charge on any atom is 0.407 e. The van der Waals surface area contributed by atoms with Crippen molar-refractivity contribution in [2.75, 3.05) is 26.2 Å². The average Bonchev–Trinajstić information content (AvgIpc) is 2.92. The molecular weight excluding hydrogens is 310 g/mol.